The first kappa shape index (κ1) is 31.0. The van der Waals surface area contributed by atoms with E-state index >= 15 is 0 Å². The van der Waals surface area contributed by atoms with Gasteiger partial charge in [0.25, 0.3) is 0 Å². The highest BCUT2D eigenvalue weighted by Crippen LogP contribution is 2.53. The molecule has 7 aromatic carbocycles. The molecule has 0 aliphatic heterocycles. The molecule has 2 heterocycles. The Morgan fingerprint density at radius 1 is 0.519 bits per heavy atom. The Kier molecular flexibility index (Phi) is 6.72. The normalized spacial score (nSPS) is 17.1. The van der Waals surface area contributed by atoms with Crippen LogP contribution in [0.15, 0.2) is 176 Å². The average molecular weight is 692 g/mol. The van der Waals surface area contributed by atoms with Gasteiger partial charge in [0.05, 0.1) is 22.4 Å². The summed E-state index contributed by atoms with van der Waals surface area (Å²) in [7, 11) is 0. The van der Waals surface area contributed by atoms with E-state index in [4.69, 9.17) is 9.97 Å². The highest BCUT2D eigenvalue weighted by Gasteiger charge is 2.44. The second-order valence-electron chi connectivity index (χ2n) is 15.4. The molecule has 2 aliphatic rings. The molecule has 0 spiro atoms. The number of nitrogens with zero attached hydrogens (tertiary/aromatic N) is 3. The van der Waals surface area contributed by atoms with E-state index in [0.717, 1.165) is 39.6 Å². The van der Waals surface area contributed by atoms with Crippen molar-refractivity contribution in [2.75, 3.05) is 0 Å². The van der Waals surface area contributed by atoms with Crippen LogP contribution in [-0.2, 0) is 5.41 Å². The van der Waals surface area contributed by atoms with Gasteiger partial charge in [-0.05, 0) is 80.4 Å². The Hall–Kier alpha value is -6.58. The van der Waals surface area contributed by atoms with Gasteiger partial charge in [0.15, 0.2) is 5.82 Å². The number of hydrogen-bond acceptors (Lipinski definition) is 2. The van der Waals surface area contributed by atoms with Crippen molar-refractivity contribution >= 4 is 43.4 Å². The summed E-state index contributed by atoms with van der Waals surface area (Å²) in [4.78, 5) is 10.6. The molecule has 2 atom stereocenters. The largest absolute Gasteiger partial charge is 0.309 e. The number of aromatic nitrogens is 3. The van der Waals surface area contributed by atoms with Crippen LogP contribution in [0.25, 0.3) is 82.9 Å². The van der Waals surface area contributed by atoms with E-state index < -0.39 is 0 Å². The summed E-state index contributed by atoms with van der Waals surface area (Å²) in [5.41, 5.74) is 11.3. The van der Waals surface area contributed by atoms with Crippen molar-refractivity contribution in [3.8, 4) is 39.6 Å². The van der Waals surface area contributed by atoms with Gasteiger partial charge in [0.1, 0.15) is 0 Å². The van der Waals surface area contributed by atoms with Gasteiger partial charge >= 0.3 is 0 Å². The highest BCUT2D eigenvalue weighted by atomic mass is 15.0. The molecule has 0 fully saturated rings. The topological polar surface area (TPSA) is 30.7 Å². The molecule has 0 N–H and O–H groups in total. The fourth-order valence-corrected chi connectivity index (χ4v) is 9.43. The molecule has 0 amide bonds. The van der Waals surface area contributed by atoms with Crippen molar-refractivity contribution < 1.29 is 0 Å². The van der Waals surface area contributed by atoms with Crippen LogP contribution in [0.5, 0.6) is 0 Å². The third kappa shape index (κ3) is 4.61. The lowest BCUT2D eigenvalue weighted by atomic mass is 9.74. The van der Waals surface area contributed by atoms with Gasteiger partial charge in [-0.1, -0.05) is 153 Å². The van der Waals surface area contributed by atoms with Crippen molar-refractivity contribution in [3.63, 3.8) is 0 Å². The Labute approximate surface area is 314 Å². The molecule has 256 valence electrons. The van der Waals surface area contributed by atoms with E-state index in [9.17, 15) is 0 Å². The van der Waals surface area contributed by atoms with Crippen LogP contribution >= 0.6 is 0 Å². The van der Waals surface area contributed by atoms with E-state index in [2.05, 4.69) is 194 Å². The maximum absolute atomic E-state index is 5.34. The minimum Gasteiger partial charge on any atom is -0.309 e. The third-order valence-corrected chi connectivity index (χ3v) is 12.1. The van der Waals surface area contributed by atoms with Crippen LogP contribution in [0.2, 0.25) is 0 Å². The lowest BCUT2D eigenvalue weighted by molar-refractivity contribution is 0.394. The summed E-state index contributed by atoms with van der Waals surface area (Å²) >= 11 is 0. The fraction of sp³-hybridized carbons (Fsp3) is 0.0980. The van der Waals surface area contributed by atoms with Crippen LogP contribution in [0.1, 0.15) is 30.9 Å². The smallest absolute Gasteiger partial charge is 0.160 e. The Balaban J connectivity index is 1.12. The van der Waals surface area contributed by atoms with Crippen LogP contribution < -0.4 is 0 Å². The van der Waals surface area contributed by atoms with Crippen molar-refractivity contribution in [2.24, 2.45) is 5.92 Å². The van der Waals surface area contributed by atoms with E-state index in [1.165, 1.54) is 54.5 Å². The highest BCUT2D eigenvalue weighted by molar-refractivity contribution is 6.28. The zero-order chi connectivity index (χ0) is 36.0. The quantitative estimate of drug-likeness (QED) is 0.184. The lowest BCUT2D eigenvalue weighted by Crippen LogP contribution is -2.24. The molecule has 0 bridgehead atoms. The summed E-state index contributed by atoms with van der Waals surface area (Å²) in [6.45, 7) is 4.75. The van der Waals surface area contributed by atoms with Crippen molar-refractivity contribution in [1.82, 2.24) is 14.5 Å². The number of fused-ring (bicyclic) bond motifs is 10. The fourth-order valence-electron chi connectivity index (χ4n) is 9.43. The lowest BCUT2D eigenvalue weighted by Gasteiger charge is -2.29. The summed E-state index contributed by atoms with van der Waals surface area (Å²) in [5, 5.41) is 7.59. The molecule has 0 saturated carbocycles. The SMILES string of the molecule is CC1(C)c2cc(-c3nc(-c4ccccc4)cc(-c4cccc(-n5c6ccc7ccccc7c6c6c7ccccc7ccc65)c4)n3)ccc2C2C=CC=CC21. The van der Waals surface area contributed by atoms with Crippen molar-refractivity contribution in [2.45, 2.75) is 25.2 Å². The molecule has 0 radical (unpaired) electrons. The minimum atomic E-state index is 0.00440. The standard InChI is InChI=1S/C51H37N3/c1-51(2)42-22-11-10-21-40(42)41-26-23-36(30-43(41)51)50-52-44(34-15-4-3-5-16-34)31-45(53-50)35-17-12-18-37(29-35)54-46-27-24-32-13-6-8-19-38(32)48(46)49-39-20-9-7-14-33(39)25-28-47(49)54/h3-31,40,42H,1-2H3. The summed E-state index contributed by atoms with van der Waals surface area (Å²) in [5.74, 6) is 1.59. The van der Waals surface area contributed by atoms with Gasteiger partial charge in [0, 0.05) is 39.1 Å². The summed E-state index contributed by atoms with van der Waals surface area (Å²) in [6.07, 6.45) is 9.13. The van der Waals surface area contributed by atoms with E-state index in [1.54, 1.807) is 0 Å². The van der Waals surface area contributed by atoms with Crippen molar-refractivity contribution in [1.29, 1.82) is 0 Å². The number of rotatable bonds is 4. The van der Waals surface area contributed by atoms with Gasteiger partial charge in [-0.25, -0.2) is 9.97 Å². The molecule has 2 aromatic heterocycles. The minimum absolute atomic E-state index is 0.00440. The van der Waals surface area contributed by atoms with Gasteiger partial charge in [0.2, 0.25) is 0 Å². The molecular weight excluding hydrogens is 655 g/mol. The molecule has 3 heteroatoms. The molecule has 3 nitrogen and oxygen atoms in total. The Bertz CT molecular complexity index is 2940. The molecule has 2 aliphatic carbocycles. The summed E-state index contributed by atoms with van der Waals surface area (Å²) in [6, 6.07) is 54.9. The van der Waals surface area contributed by atoms with E-state index in [0.29, 0.717) is 11.8 Å². The number of allylic oxidation sites excluding steroid dienone is 4. The van der Waals surface area contributed by atoms with Crippen LogP contribution in [0.3, 0.4) is 0 Å². The van der Waals surface area contributed by atoms with Crippen LogP contribution in [0.4, 0.5) is 0 Å². The van der Waals surface area contributed by atoms with Gasteiger partial charge in [-0.2, -0.15) is 0 Å². The maximum atomic E-state index is 5.34. The van der Waals surface area contributed by atoms with Crippen LogP contribution in [0, 0.1) is 5.92 Å². The van der Waals surface area contributed by atoms with E-state index in [1.807, 2.05) is 0 Å². The summed E-state index contributed by atoms with van der Waals surface area (Å²) < 4.78 is 2.43. The first-order chi connectivity index (χ1) is 26.5. The second-order valence-corrected chi connectivity index (χ2v) is 15.4. The third-order valence-electron chi connectivity index (χ3n) is 12.1. The average Bonchev–Trinajstić information content (AvgIpc) is 3.70. The molecule has 11 rings (SSSR count). The number of hydrogen-bond donors (Lipinski definition) is 0. The zero-order valence-corrected chi connectivity index (χ0v) is 30.2. The molecule has 9 aromatic rings. The van der Waals surface area contributed by atoms with Gasteiger partial charge in [-0.3, -0.25) is 0 Å². The molecular formula is C51H37N3. The number of benzene rings is 7. The first-order valence-electron chi connectivity index (χ1n) is 18.9. The van der Waals surface area contributed by atoms with Gasteiger partial charge in [-0.15, -0.1) is 0 Å². The first-order valence-corrected chi connectivity index (χ1v) is 18.9. The molecule has 54 heavy (non-hydrogen) atoms. The predicted molar refractivity (Wildman–Crippen MR) is 225 cm³/mol. The van der Waals surface area contributed by atoms with Crippen molar-refractivity contribution in [3.05, 3.63) is 187 Å². The predicted octanol–water partition coefficient (Wildman–Crippen LogP) is 13.0. The monoisotopic (exact) mass is 691 g/mol. The second kappa shape index (κ2) is 11.7. The van der Waals surface area contributed by atoms with Crippen LogP contribution in [-0.4, -0.2) is 14.5 Å². The van der Waals surface area contributed by atoms with E-state index in [-0.39, 0.29) is 5.41 Å². The Morgan fingerprint density at radius 2 is 1.15 bits per heavy atom. The zero-order valence-electron chi connectivity index (χ0n) is 30.2. The molecule has 0 saturated heterocycles. The maximum Gasteiger partial charge on any atom is 0.160 e. The van der Waals surface area contributed by atoms with Gasteiger partial charge < -0.3 is 4.57 Å². The molecule has 2 unspecified atom stereocenters. The Morgan fingerprint density at radius 3 is 1.87 bits per heavy atom.